The van der Waals surface area contributed by atoms with Gasteiger partial charge in [-0.25, -0.2) is 9.50 Å². The molecule has 7 heteroatoms. The Balaban J connectivity index is 1.48. The lowest BCUT2D eigenvalue weighted by molar-refractivity contribution is 0.0777. The third kappa shape index (κ3) is 3.71. The summed E-state index contributed by atoms with van der Waals surface area (Å²) in [5.41, 5.74) is 2.16. The van der Waals surface area contributed by atoms with E-state index in [4.69, 9.17) is 0 Å². The van der Waals surface area contributed by atoms with E-state index in [1.807, 2.05) is 17.9 Å². The minimum atomic E-state index is -0.00536. The van der Waals surface area contributed by atoms with E-state index < -0.39 is 0 Å². The minimum Gasteiger partial charge on any atom is -0.396 e. The van der Waals surface area contributed by atoms with Crippen LogP contribution in [0, 0.1) is 18.8 Å². The number of hydrogen-bond donors (Lipinski definition) is 1. The third-order valence-electron chi connectivity index (χ3n) is 6.18. The Hall–Kier alpha value is -1.99. The van der Waals surface area contributed by atoms with E-state index >= 15 is 0 Å². The molecule has 0 spiro atoms. The van der Waals surface area contributed by atoms with Gasteiger partial charge in [-0.05, 0) is 38.8 Å². The molecule has 1 amide bonds. The molecular weight excluding hydrogens is 342 g/mol. The predicted molar refractivity (Wildman–Crippen MR) is 103 cm³/mol. The van der Waals surface area contributed by atoms with Crippen molar-refractivity contribution in [3.05, 3.63) is 29.7 Å². The molecule has 2 unspecified atom stereocenters. The zero-order valence-electron chi connectivity index (χ0n) is 16.0. The molecule has 4 rings (SSSR count). The first-order chi connectivity index (χ1) is 13.2. The van der Waals surface area contributed by atoms with E-state index in [2.05, 4.69) is 15.0 Å². The summed E-state index contributed by atoms with van der Waals surface area (Å²) in [6.07, 6.45) is 8.50. The molecule has 2 fully saturated rings. The number of aliphatic hydroxyl groups is 1. The first-order valence-electron chi connectivity index (χ1n) is 10.1. The molecule has 2 aromatic rings. The van der Waals surface area contributed by atoms with Crippen molar-refractivity contribution in [2.24, 2.45) is 11.8 Å². The van der Waals surface area contributed by atoms with Crippen LogP contribution < -0.4 is 0 Å². The second-order valence-corrected chi connectivity index (χ2v) is 7.99. The summed E-state index contributed by atoms with van der Waals surface area (Å²) < 4.78 is 1.71. The van der Waals surface area contributed by atoms with E-state index in [0.717, 1.165) is 31.0 Å². The molecule has 2 atom stereocenters. The van der Waals surface area contributed by atoms with Crippen LogP contribution in [0.3, 0.4) is 0 Å². The highest BCUT2D eigenvalue weighted by Crippen LogP contribution is 2.27. The Morgan fingerprint density at radius 2 is 1.93 bits per heavy atom. The number of fused-ring (bicyclic) bond motifs is 1. The van der Waals surface area contributed by atoms with Crippen LogP contribution in [0.25, 0.3) is 5.65 Å². The first kappa shape index (κ1) is 18.4. The SMILES string of the molecule is Cc1c(C(=O)N2CC(CO)C(CN3CCCCCC3)C2)cnc2ccnn12. The topological polar surface area (TPSA) is 74.0 Å². The molecule has 1 N–H and O–H groups in total. The van der Waals surface area contributed by atoms with Gasteiger partial charge in [-0.2, -0.15) is 5.10 Å². The lowest BCUT2D eigenvalue weighted by Crippen LogP contribution is -2.35. The minimum absolute atomic E-state index is 0.00536. The number of aryl methyl sites for hydroxylation is 1. The Kier molecular flexibility index (Phi) is 5.41. The smallest absolute Gasteiger partial charge is 0.257 e. The van der Waals surface area contributed by atoms with Crippen LogP contribution in [0.15, 0.2) is 18.5 Å². The highest BCUT2D eigenvalue weighted by molar-refractivity contribution is 5.95. The Bertz CT molecular complexity index is 797. The molecule has 2 aromatic heterocycles. The van der Waals surface area contributed by atoms with Gasteiger partial charge in [0.05, 0.1) is 17.5 Å². The molecule has 2 aliphatic rings. The molecule has 0 aromatic carbocycles. The molecular formula is C20H29N5O2. The maximum Gasteiger partial charge on any atom is 0.257 e. The largest absolute Gasteiger partial charge is 0.396 e. The Morgan fingerprint density at radius 1 is 1.19 bits per heavy atom. The molecule has 4 heterocycles. The summed E-state index contributed by atoms with van der Waals surface area (Å²) in [5.74, 6) is 0.479. The zero-order valence-corrected chi connectivity index (χ0v) is 16.0. The maximum atomic E-state index is 13.1. The predicted octanol–water partition coefficient (Wildman–Crippen LogP) is 1.59. The van der Waals surface area contributed by atoms with Crippen LogP contribution in [0.4, 0.5) is 0 Å². The average molecular weight is 371 g/mol. The Labute approximate surface area is 160 Å². The lowest BCUT2D eigenvalue weighted by atomic mass is 9.96. The average Bonchev–Trinajstić information content (AvgIpc) is 3.23. The van der Waals surface area contributed by atoms with Gasteiger partial charge >= 0.3 is 0 Å². The summed E-state index contributed by atoms with van der Waals surface area (Å²) >= 11 is 0. The monoisotopic (exact) mass is 371 g/mol. The van der Waals surface area contributed by atoms with Crippen LogP contribution in [-0.2, 0) is 0 Å². The van der Waals surface area contributed by atoms with Crippen LogP contribution in [-0.4, -0.2) is 74.7 Å². The standard InChI is InChI=1S/C20H29N5O2/c1-15-18(10-21-19-6-7-22-25(15)19)20(27)24-12-16(17(13-24)14-26)11-23-8-4-2-3-5-9-23/h6-7,10,16-17,26H,2-5,8-9,11-14H2,1H3. The second kappa shape index (κ2) is 7.94. The summed E-state index contributed by atoms with van der Waals surface area (Å²) in [6, 6.07) is 1.83. The molecule has 7 nitrogen and oxygen atoms in total. The number of aliphatic hydroxyl groups excluding tert-OH is 1. The first-order valence-corrected chi connectivity index (χ1v) is 10.1. The molecule has 0 radical (unpaired) electrons. The maximum absolute atomic E-state index is 13.1. The fourth-order valence-corrected chi connectivity index (χ4v) is 4.54. The van der Waals surface area contributed by atoms with Gasteiger partial charge in [0.25, 0.3) is 5.91 Å². The van der Waals surface area contributed by atoms with E-state index in [9.17, 15) is 9.90 Å². The molecule has 146 valence electrons. The van der Waals surface area contributed by atoms with E-state index in [-0.39, 0.29) is 18.4 Å². The van der Waals surface area contributed by atoms with Crippen LogP contribution in [0.5, 0.6) is 0 Å². The quantitative estimate of drug-likeness (QED) is 0.884. The molecule has 2 saturated heterocycles. The fourth-order valence-electron chi connectivity index (χ4n) is 4.54. The molecule has 27 heavy (non-hydrogen) atoms. The van der Waals surface area contributed by atoms with Crippen molar-refractivity contribution < 1.29 is 9.90 Å². The van der Waals surface area contributed by atoms with Crippen molar-refractivity contribution in [2.75, 3.05) is 39.3 Å². The fraction of sp³-hybridized carbons (Fsp3) is 0.650. The van der Waals surface area contributed by atoms with Crippen LogP contribution >= 0.6 is 0 Å². The summed E-state index contributed by atoms with van der Waals surface area (Å²) in [7, 11) is 0. The molecule has 2 aliphatic heterocycles. The summed E-state index contributed by atoms with van der Waals surface area (Å²) in [6.45, 7) is 6.62. The number of likely N-dealkylation sites (tertiary alicyclic amines) is 2. The molecule has 0 bridgehead atoms. The third-order valence-corrected chi connectivity index (χ3v) is 6.18. The van der Waals surface area contributed by atoms with E-state index in [0.29, 0.717) is 24.6 Å². The second-order valence-electron chi connectivity index (χ2n) is 7.99. The highest BCUT2D eigenvalue weighted by Gasteiger charge is 2.36. The number of nitrogens with zero attached hydrogens (tertiary/aromatic N) is 5. The van der Waals surface area contributed by atoms with E-state index in [1.165, 1.54) is 25.7 Å². The van der Waals surface area contributed by atoms with Gasteiger partial charge in [0.2, 0.25) is 0 Å². The van der Waals surface area contributed by atoms with Crippen molar-refractivity contribution >= 4 is 11.6 Å². The normalized spacial score (nSPS) is 24.4. The number of aromatic nitrogens is 3. The van der Waals surface area contributed by atoms with Crippen molar-refractivity contribution in [3.63, 3.8) is 0 Å². The van der Waals surface area contributed by atoms with Gasteiger partial charge in [-0.15, -0.1) is 0 Å². The number of hydrogen-bond acceptors (Lipinski definition) is 5. The lowest BCUT2D eigenvalue weighted by Gasteiger charge is -2.26. The molecule has 0 aliphatic carbocycles. The molecule has 0 saturated carbocycles. The summed E-state index contributed by atoms with van der Waals surface area (Å²) in [5, 5.41) is 14.1. The van der Waals surface area contributed by atoms with Gasteiger partial charge in [0.1, 0.15) is 0 Å². The van der Waals surface area contributed by atoms with Gasteiger partial charge < -0.3 is 14.9 Å². The van der Waals surface area contributed by atoms with Gasteiger partial charge in [-0.3, -0.25) is 4.79 Å². The number of carbonyl (C=O) groups excluding carboxylic acids is 1. The number of carbonyl (C=O) groups is 1. The van der Waals surface area contributed by atoms with Crippen LogP contribution in [0.1, 0.15) is 41.7 Å². The highest BCUT2D eigenvalue weighted by atomic mass is 16.3. The number of amides is 1. The summed E-state index contributed by atoms with van der Waals surface area (Å²) in [4.78, 5) is 21.9. The van der Waals surface area contributed by atoms with Crippen molar-refractivity contribution in [1.82, 2.24) is 24.4 Å². The Morgan fingerprint density at radius 3 is 2.67 bits per heavy atom. The van der Waals surface area contributed by atoms with Gasteiger partial charge in [-0.1, -0.05) is 12.8 Å². The van der Waals surface area contributed by atoms with Crippen molar-refractivity contribution in [2.45, 2.75) is 32.6 Å². The van der Waals surface area contributed by atoms with Gasteiger partial charge in [0.15, 0.2) is 5.65 Å². The van der Waals surface area contributed by atoms with E-state index in [1.54, 1.807) is 16.9 Å². The van der Waals surface area contributed by atoms with Crippen molar-refractivity contribution in [3.8, 4) is 0 Å². The van der Waals surface area contributed by atoms with Gasteiger partial charge in [0, 0.05) is 44.4 Å². The van der Waals surface area contributed by atoms with Crippen LogP contribution in [0.2, 0.25) is 0 Å². The zero-order chi connectivity index (χ0) is 18.8. The van der Waals surface area contributed by atoms with Crippen molar-refractivity contribution in [1.29, 1.82) is 0 Å². The number of rotatable bonds is 4.